The van der Waals surface area contributed by atoms with Crippen molar-refractivity contribution in [1.82, 2.24) is 24.8 Å². The molecule has 1 amide bonds. The topological polar surface area (TPSA) is 113 Å². The quantitative estimate of drug-likeness (QED) is 0.105. The fourth-order valence-corrected chi connectivity index (χ4v) is 17.4. The maximum atomic E-state index is 17.9. The molecule has 4 saturated heterocycles. The molecular formula is C47H56F2N6O5Si. The Morgan fingerprint density at radius 3 is 2.51 bits per heavy atom. The first-order chi connectivity index (χ1) is 29.1. The van der Waals surface area contributed by atoms with Gasteiger partial charge in [0.15, 0.2) is 5.82 Å². The molecular weight excluding hydrogens is 795 g/mol. The third-order valence-corrected chi connectivity index (χ3v) is 21.1. The van der Waals surface area contributed by atoms with Gasteiger partial charge in [-0.3, -0.25) is 9.80 Å². The van der Waals surface area contributed by atoms with Crippen LogP contribution in [0, 0.1) is 23.1 Å². The molecule has 5 aliphatic heterocycles. The Hall–Kier alpha value is -4.84. The number of piperazine rings is 1. The summed E-state index contributed by atoms with van der Waals surface area (Å²) in [5.41, 5.74) is 5.69. The van der Waals surface area contributed by atoms with Gasteiger partial charge in [0.1, 0.15) is 49.0 Å². The lowest BCUT2D eigenvalue weighted by atomic mass is 9.91. The van der Waals surface area contributed by atoms with Gasteiger partial charge in [0.2, 0.25) is 5.88 Å². The van der Waals surface area contributed by atoms with Gasteiger partial charge in [-0.15, -0.1) is 5.54 Å². The highest BCUT2D eigenvalue weighted by Crippen LogP contribution is 2.48. The number of hydrogen-bond donors (Lipinski definition) is 1. The number of benzene rings is 2. The van der Waals surface area contributed by atoms with E-state index in [4.69, 9.17) is 29.2 Å². The second kappa shape index (κ2) is 15.2. The van der Waals surface area contributed by atoms with Gasteiger partial charge in [0, 0.05) is 37.7 Å². The van der Waals surface area contributed by atoms with Gasteiger partial charge in [-0.25, -0.2) is 18.6 Å². The van der Waals surface area contributed by atoms with Crippen molar-refractivity contribution in [3.8, 4) is 34.6 Å². The van der Waals surface area contributed by atoms with E-state index in [-0.39, 0.29) is 52.8 Å². The molecule has 11 nitrogen and oxygen atoms in total. The number of aromatic nitrogens is 3. The van der Waals surface area contributed by atoms with Crippen molar-refractivity contribution in [2.75, 3.05) is 38.3 Å². The molecule has 6 atom stereocenters. The number of halogens is 2. The second-order valence-corrected chi connectivity index (χ2v) is 24.4. The molecule has 5 aliphatic rings. The van der Waals surface area contributed by atoms with Crippen molar-refractivity contribution in [3.05, 3.63) is 59.7 Å². The second-order valence-electron chi connectivity index (χ2n) is 18.8. The summed E-state index contributed by atoms with van der Waals surface area (Å²) in [6.45, 7) is 21.5. The normalized spacial score (nSPS) is 25.9. The number of pyridine rings is 1. The lowest BCUT2D eigenvalue weighted by Crippen LogP contribution is -2.64. The van der Waals surface area contributed by atoms with Crippen LogP contribution < -0.4 is 14.4 Å². The molecule has 4 fully saturated rings. The van der Waals surface area contributed by atoms with Crippen molar-refractivity contribution in [3.63, 3.8) is 0 Å². The minimum absolute atomic E-state index is 0.0210. The van der Waals surface area contributed by atoms with Gasteiger partial charge in [0.05, 0.1) is 35.3 Å². The Labute approximate surface area is 357 Å². The van der Waals surface area contributed by atoms with Crippen LogP contribution in [0.4, 0.5) is 19.4 Å². The van der Waals surface area contributed by atoms with E-state index in [9.17, 15) is 9.90 Å². The lowest BCUT2D eigenvalue weighted by molar-refractivity contribution is -0.0119. The van der Waals surface area contributed by atoms with Crippen LogP contribution >= 0.6 is 0 Å². The van der Waals surface area contributed by atoms with Gasteiger partial charge < -0.3 is 24.2 Å². The highest BCUT2D eigenvalue weighted by molar-refractivity contribution is 6.90. The largest absolute Gasteiger partial charge is 0.472 e. The molecule has 1 N–H and O–H groups in total. The van der Waals surface area contributed by atoms with E-state index in [0.29, 0.717) is 64.6 Å². The number of ether oxygens (including phenoxy) is 3. The number of rotatable bonds is 8. The highest BCUT2D eigenvalue weighted by Gasteiger charge is 2.55. The average Bonchev–Trinajstić information content (AvgIpc) is 3.81. The molecule has 4 aromatic rings. The number of methoxy groups -OCH3 is 1. The zero-order chi connectivity index (χ0) is 43.3. The van der Waals surface area contributed by atoms with Gasteiger partial charge in [-0.05, 0) is 60.7 Å². The minimum Gasteiger partial charge on any atom is -0.472 e. The fraction of sp³-hybridized carbons (Fsp3) is 0.532. The summed E-state index contributed by atoms with van der Waals surface area (Å²) >= 11 is 0. The van der Waals surface area contributed by atoms with Crippen molar-refractivity contribution < 1.29 is 32.9 Å². The van der Waals surface area contributed by atoms with Crippen molar-refractivity contribution in [2.24, 2.45) is 0 Å². The van der Waals surface area contributed by atoms with Gasteiger partial charge >= 0.3 is 12.1 Å². The molecule has 322 valence electrons. The first-order valence-corrected chi connectivity index (χ1v) is 24.0. The van der Waals surface area contributed by atoms with Crippen LogP contribution in [0.25, 0.3) is 32.9 Å². The average molecular weight is 851 g/mol. The number of amides is 1. The van der Waals surface area contributed by atoms with Crippen LogP contribution in [0.1, 0.15) is 79.7 Å². The molecule has 61 heavy (non-hydrogen) atoms. The molecule has 5 unspecified atom stereocenters. The van der Waals surface area contributed by atoms with Crippen molar-refractivity contribution in [1.29, 1.82) is 0 Å². The first-order valence-electron chi connectivity index (χ1n) is 21.8. The van der Waals surface area contributed by atoms with E-state index in [1.165, 1.54) is 6.07 Å². The van der Waals surface area contributed by atoms with Gasteiger partial charge in [0.25, 0.3) is 0 Å². The predicted octanol–water partition coefficient (Wildman–Crippen LogP) is 8.97. The first kappa shape index (κ1) is 41.5. The fourth-order valence-electron chi connectivity index (χ4n) is 12.2. The summed E-state index contributed by atoms with van der Waals surface area (Å²) in [4.78, 5) is 33.4. The van der Waals surface area contributed by atoms with E-state index in [2.05, 4.69) is 69.4 Å². The van der Waals surface area contributed by atoms with E-state index < -0.39 is 49.5 Å². The van der Waals surface area contributed by atoms with E-state index in [1.54, 1.807) is 30.2 Å². The van der Waals surface area contributed by atoms with Crippen LogP contribution in [-0.4, -0.2) is 113 Å². The SMILES string of the molecule is C=C1CN2CC[C@H](OC)C2(COc2nc3c4c(nc(-c5cccc6ccc(F)c(C#C[Si](C(C)C)(C(C)C)C(C)C)c56)c(F)c4n2)OC(C)C2C4CCC(CN32)N4C(=O)O)C1. The summed E-state index contributed by atoms with van der Waals surface area (Å²) in [6, 6.07) is 7.38. The number of nitrogens with zero attached hydrogens (tertiary/aromatic N) is 6. The minimum atomic E-state index is -2.30. The number of fused-ring (bicyclic) bond motifs is 7. The third-order valence-electron chi connectivity index (χ3n) is 14.8. The summed E-state index contributed by atoms with van der Waals surface area (Å²) in [6.07, 6.45) is 1.19. The zero-order valence-corrected chi connectivity index (χ0v) is 37.4. The molecule has 9 rings (SSSR count). The maximum absolute atomic E-state index is 17.9. The molecule has 7 heterocycles. The summed E-state index contributed by atoms with van der Waals surface area (Å²) in [5, 5.41) is 11.8. The van der Waals surface area contributed by atoms with E-state index >= 15 is 8.78 Å². The van der Waals surface area contributed by atoms with Crippen LogP contribution in [0.2, 0.25) is 16.6 Å². The van der Waals surface area contributed by atoms with Crippen LogP contribution in [0.3, 0.4) is 0 Å². The van der Waals surface area contributed by atoms with Crippen LogP contribution in [0.5, 0.6) is 11.9 Å². The molecule has 0 saturated carbocycles. The van der Waals surface area contributed by atoms with Crippen molar-refractivity contribution >= 4 is 41.7 Å². The summed E-state index contributed by atoms with van der Waals surface area (Å²) < 4.78 is 53.5. The third kappa shape index (κ3) is 6.31. The molecule has 0 radical (unpaired) electrons. The number of hydrogen-bond acceptors (Lipinski definition) is 9. The van der Waals surface area contributed by atoms with E-state index in [0.717, 1.165) is 25.1 Å². The Kier molecular flexibility index (Phi) is 10.3. The molecule has 14 heteroatoms. The zero-order valence-electron chi connectivity index (χ0n) is 36.4. The standard InChI is InChI=1S/C47H56F2N6O5Si/c1-25(2)61(26(3)4,27(5)6)20-18-32-34(48)15-13-30-11-10-12-33(37(30)32)40-39(49)41-38-43(52-45(51-41)59-24-47-21-28(7)22-53(47)19-17-36(47)58-9)54-23-31-14-16-35(55(31)46(56)57)42(54)29(8)60-44(38)50-40/h10-13,15,25-27,29,31,35-36,42H,7,14,16-17,19,21-24H2,1-6,8-9H3,(H,56,57)/t29?,31?,35?,36-,42?,47?/m0/s1. The number of anilines is 1. The van der Waals surface area contributed by atoms with Crippen molar-refractivity contribution in [2.45, 2.75) is 127 Å². The Morgan fingerprint density at radius 2 is 1.80 bits per heavy atom. The predicted molar refractivity (Wildman–Crippen MR) is 235 cm³/mol. The molecule has 2 aromatic carbocycles. The highest BCUT2D eigenvalue weighted by atomic mass is 28.3. The van der Waals surface area contributed by atoms with Crippen LogP contribution in [0.15, 0.2) is 42.5 Å². The molecule has 2 aromatic heterocycles. The maximum Gasteiger partial charge on any atom is 0.407 e. The molecule has 0 aliphatic carbocycles. The molecule has 2 bridgehead atoms. The Bertz CT molecular complexity index is 2500. The molecule has 0 spiro atoms. The monoisotopic (exact) mass is 850 g/mol. The summed E-state index contributed by atoms with van der Waals surface area (Å²) in [7, 11) is -0.586. The Morgan fingerprint density at radius 1 is 1.05 bits per heavy atom. The Balaban J connectivity index is 1.25. The number of carbonyl (C=O) groups is 1. The van der Waals surface area contributed by atoms with Gasteiger partial charge in [-0.1, -0.05) is 83.9 Å². The van der Waals surface area contributed by atoms with Gasteiger partial charge in [-0.2, -0.15) is 9.97 Å². The smallest absolute Gasteiger partial charge is 0.407 e. The lowest BCUT2D eigenvalue weighted by Gasteiger charge is -2.47. The number of carboxylic acid groups (broad SMARTS) is 1. The van der Waals surface area contributed by atoms with Crippen LogP contribution in [-0.2, 0) is 4.74 Å². The summed E-state index contributed by atoms with van der Waals surface area (Å²) in [5.74, 6) is 2.63. The van der Waals surface area contributed by atoms with E-state index in [1.807, 2.05) is 13.0 Å².